The Bertz CT molecular complexity index is 619. The minimum absolute atomic E-state index is 0.178. The molecule has 0 spiro atoms. The monoisotopic (exact) mass is 414 g/mol. The van der Waals surface area contributed by atoms with E-state index in [4.69, 9.17) is 10.5 Å². The summed E-state index contributed by atoms with van der Waals surface area (Å²) in [6.07, 6.45) is 1.79. The van der Waals surface area contributed by atoms with Crippen molar-refractivity contribution in [1.82, 2.24) is 10.2 Å². The zero-order valence-electron chi connectivity index (χ0n) is 14.3. The Labute approximate surface area is 155 Å². The number of nitrogens with two attached hydrogens (primary N) is 1. The topological polar surface area (TPSA) is 80.0 Å². The first-order chi connectivity index (χ1) is 12.0. The second-order valence-electron chi connectivity index (χ2n) is 5.86. The molecule has 1 saturated heterocycles. The number of hydrogen-bond acceptors (Lipinski definition) is 3. The van der Waals surface area contributed by atoms with Gasteiger partial charge in [0.25, 0.3) is 0 Å². The number of halogens is 2. The number of carbonyl (C=O) groups excluding carboxylic acids is 1. The molecular formula is C17H24BrFN4O2. The van der Waals surface area contributed by atoms with E-state index >= 15 is 0 Å². The van der Waals surface area contributed by atoms with Crippen LogP contribution in [0, 0.1) is 5.82 Å². The second-order valence-corrected chi connectivity index (χ2v) is 6.77. The van der Waals surface area contributed by atoms with Crippen LogP contribution in [0.5, 0.6) is 0 Å². The van der Waals surface area contributed by atoms with Crippen molar-refractivity contribution in [1.29, 1.82) is 0 Å². The minimum atomic E-state index is -0.265. The number of guanidine groups is 1. The molecule has 1 aliphatic heterocycles. The first-order valence-corrected chi connectivity index (χ1v) is 9.21. The first-order valence-electron chi connectivity index (χ1n) is 8.41. The molecule has 3 N–H and O–H groups in total. The van der Waals surface area contributed by atoms with Gasteiger partial charge in [0.1, 0.15) is 5.82 Å². The van der Waals surface area contributed by atoms with Crippen LogP contribution in [0.1, 0.15) is 25.3 Å². The van der Waals surface area contributed by atoms with Crippen molar-refractivity contribution >= 4 is 28.0 Å². The number of carbonyl (C=O) groups is 1. The number of piperidine rings is 1. The molecule has 1 heterocycles. The van der Waals surface area contributed by atoms with Crippen molar-refractivity contribution in [2.75, 3.05) is 26.2 Å². The lowest BCUT2D eigenvalue weighted by atomic mass is 10.1. The average Bonchev–Trinajstić information content (AvgIpc) is 2.59. The maximum atomic E-state index is 13.7. The van der Waals surface area contributed by atoms with Crippen LogP contribution in [-0.4, -0.2) is 49.2 Å². The van der Waals surface area contributed by atoms with Gasteiger partial charge in [0.05, 0.1) is 6.61 Å². The third-order valence-corrected chi connectivity index (χ3v) is 4.54. The molecule has 0 unspecified atom stereocenters. The molecule has 138 valence electrons. The highest BCUT2D eigenvalue weighted by Gasteiger charge is 2.23. The van der Waals surface area contributed by atoms with E-state index in [1.54, 1.807) is 24.0 Å². The third kappa shape index (κ3) is 6.19. The van der Waals surface area contributed by atoms with Crippen LogP contribution < -0.4 is 11.1 Å². The molecule has 0 radical (unpaired) electrons. The van der Waals surface area contributed by atoms with E-state index in [1.165, 1.54) is 6.07 Å². The van der Waals surface area contributed by atoms with Gasteiger partial charge in [-0.05, 0) is 49.9 Å². The Morgan fingerprint density at radius 1 is 1.48 bits per heavy atom. The maximum absolute atomic E-state index is 13.7. The van der Waals surface area contributed by atoms with Crippen LogP contribution >= 0.6 is 15.9 Å². The summed E-state index contributed by atoms with van der Waals surface area (Å²) in [6, 6.07) is 5.03. The summed E-state index contributed by atoms with van der Waals surface area (Å²) in [4.78, 5) is 17.6. The van der Waals surface area contributed by atoms with Gasteiger partial charge in [0.2, 0.25) is 0 Å². The van der Waals surface area contributed by atoms with Gasteiger partial charge in [-0.3, -0.25) is 4.99 Å². The predicted octanol–water partition coefficient (Wildman–Crippen LogP) is 2.66. The van der Waals surface area contributed by atoms with Crippen molar-refractivity contribution in [3.8, 4) is 0 Å². The van der Waals surface area contributed by atoms with E-state index in [9.17, 15) is 9.18 Å². The fraction of sp³-hybridized carbons (Fsp3) is 0.529. The normalized spacial score (nSPS) is 16.0. The molecule has 25 heavy (non-hydrogen) atoms. The molecule has 1 amide bonds. The summed E-state index contributed by atoms with van der Waals surface area (Å²) in [7, 11) is 0. The second kappa shape index (κ2) is 9.60. The highest BCUT2D eigenvalue weighted by Crippen LogP contribution is 2.16. The minimum Gasteiger partial charge on any atom is -0.450 e. The molecule has 6 nitrogen and oxygen atoms in total. The first kappa shape index (κ1) is 19.5. The summed E-state index contributed by atoms with van der Waals surface area (Å²) < 4.78 is 19.5. The highest BCUT2D eigenvalue weighted by atomic mass is 79.9. The van der Waals surface area contributed by atoms with Crippen LogP contribution in [0.25, 0.3) is 0 Å². The van der Waals surface area contributed by atoms with E-state index < -0.39 is 0 Å². The van der Waals surface area contributed by atoms with Gasteiger partial charge in [-0.15, -0.1) is 0 Å². The van der Waals surface area contributed by atoms with Crippen molar-refractivity contribution < 1.29 is 13.9 Å². The van der Waals surface area contributed by atoms with E-state index in [1.807, 2.05) is 0 Å². The quantitative estimate of drug-likeness (QED) is 0.573. The van der Waals surface area contributed by atoms with Crippen molar-refractivity contribution in [2.45, 2.75) is 32.2 Å². The van der Waals surface area contributed by atoms with Gasteiger partial charge in [-0.1, -0.05) is 15.9 Å². The fourth-order valence-corrected chi connectivity index (χ4v) is 3.12. The number of likely N-dealkylation sites (tertiary alicyclic amines) is 1. The lowest BCUT2D eigenvalue weighted by Gasteiger charge is -2.31. The predicted molar refractivity (Wildman–Crippen MR) is 99.0 cm³/mol. The van der Waals surface area contributed by atoms with Crippen molar-refractivity contribution in [2.24, 2.45) is 10.7 Å². The van der Waals surface area contributed by atoms with Gasteiger partial charge >= 0.3 is 6.09 Å². The smallest absolute Gasteiger partial charge is 0.409 e. The van der Waals surface area contributed by atoms with E-state index in [-0.39, 0.29) is 18.0 Å². The molecule has 1 aromatic rings. The van der Waals surface area contributed by atoms with Crippen molar-refractivity contribution in [3.05, 3.63) is 34.1 Å². The number of rotatable bonds is 5. The molecule has 1 aromatic carbocycles. The number of aliphatic imine (C=N–C) groups is 1. The molecule has 0 aliphatic carbocycles. The molecule has 8 heteroatoms. The lowest BCUT2D eigenvalue weighted by molar-refractivity contribution is 0.0963. The van der Waals surface area contributed by atoms with Gasteiger partial charge in [0, 0.05) is 30.1 Å². The number of ether oxygens (including phenoxy) is 1. The van der Waals surface area contributed by atoms with Crippen LogP contribution in [0.4, 0.5) is 9.18 Å². The fourth-order valence-electron chi connectivity index (χ4n) is 2.71. The van der Waals surface area contributed by atoms with E-state index in [2.05, 4.69) is 26.2 Å². The Morgan fingerprint density at radius 2 is 2.20 bits per heavy atom. The summed E-state index contributed by atoms with van der Waals surface area (Å²) in [6.45, 7) is 3.85. The number of benzene rings is 1. The number of nitrogens with zero attached hydrogens (tertiary/aromatic N) is 2. The number of nitrogens with one attached hydrogen (secondary N) is 1. The molecule has 0 aromatic heterocycles. The summed E-state index contributed by atoms with van der Waals surface area (Å²) >= 11 is 3.33. The summed E-state index contributed by atoms with van der Waals surface area (Å²) in [5.74, 6) is 0.112. The Kier molecular flexibility index (Phi) is 7.49. The molecule has 0 saturated carbocycles. The van der Waals surface area contributed by atoms with Gasteiger partial charge in [0.15, 0.2) is 5.96 Å². The van der Waals surface area contributed by atoms with Gasteiger partial charge < -0.3 is 20.7 Å². The van der Waals surface area contributed by atoms with Gasteiger partial charge in [-0.25, -0.2) is 9.18 Å². The zero-order chi connectivity index (χ0) is 18.2. The van der Waals surface area contributed by atoms with Crippen LogP contribution in [0.3, 0.4) is 0 Å². The van der Waals surface area contributed by atoms with E-state index in [0.29, 0.717) is 44.2 Å². The van der Waals surface area contributed by atoms with Crippen LogP contribution in [0.2, 0.25) is 0 Å². The SMILES string of the molecule is CCOC(=O)N1CCC(NC(N)=NCCc2cc(Br)ccc2F)CC1. The number of hydrogen-bond donors (Lipinski definition) is 2. The third-order valence-electron chi connectivity index (χ3n) is 4.04. The van der Waals surface area contributed by atoms with Crippen LogP contribution in [-0.2, 0) is 11.2 Å². The van der Waals surface area contributed by atoms with Crippen LogP contribution in [0.15, 0.2) is 27.7 Å². The lowest BCUT2D eigenvalue weighted by Crippen LogP contribution is -2.48. The standard InChI is InChI=1S/C17H24BrFN4O2/c1-2-25-17(24)23-9-6-14(7-10-23)22-16(20)21-8-5-12-11-13(18)3-4-15(12)19/h3-4,11,14H,2,5-10H2,1H3,(H3,20,21,22). The highest BCUT2D eigenvalue weighted by molar-refractivity contribution is 9.10. The summed E-state index contributed by atoms with van der Waals surface area (Å²) in [5.41, 5.74) is 6.51. The Morgan fingerprint density at radius 3 is 2.88 bits per heavy atom. The number of amides is 1. The maximum Gasteiger partial charge on any atom is 0.409 e. The molecule has 2 rings (SSSR count). The Hall–Kier alpha value is -1.83. The molecule has 0 atom stereocenters. The zero-order valence-corrected chi connectivity index (χ0v) is 15.9. The largest absolute Gasteiger partial charge is 0.450 e. The molecular weight excluding hydrogens is 391 g/mol. The molecule has 1 aliphatic rings. The molecule has 0 bridgehead atoms. The van der Waals surface area contributed by atoms with Gasteiger partial charge in [-0.2, -0.15) is 0 Å². The van der Waals surface area contributed by atoms with Crippen molar-refractivity contribution in [3.63, 3.8) is 0 Å². The average molecular weight is 415 g/mol. The van der Waals surface area contributed by atoms with E-state index in [0.717, 1.165) is 17.3 Å². The summed E-state index contributed by atoms with van der Waals surface area (Å²) in [5, 5.41) is 3.17. The Balaban J connectivity index is 1.75. The molecule has 1 fully saturated rings.